The highest BCUT2D eigenvalue weighted by Gasteiger charge is 2.19. The first-order valence-electron chi connectivity index (χ1n) is 5.56. The fraction of sp³-hybridized carbons (Fsp3) is 0.462. The number of carbonyl (C=O) groups is 1. The Morgan fingerprint density at radius 2 is 2.17 bits per heavy atom. The van der Waals surface area contributed by atoms with Crippen LogP contribution in [-0.4, -0.2) is 30.6 Å². The molecule has 1 N–H and O–H groups in total. The van der Waals surface area contributed by atoms with Crippen molar-refractivity contribution in [3.8, 4) is 5.75 Å². The quantitative estimate of drug-likeness (QED) is 0.899. The molecule has 100 valence electrons. The average Bonchev–Trinajstić information content (AvgIpc) is 2.36. The van der Waals surface area contributed by atoms with E-state index in [0.717, 1.165) is 4.47 Å². The molecule has 0 fully saturated rings. The maximum Gasteiger partial charge on any atom is 0.255 e. The molecule has 0 radical (unpaired) electrons. The summed E-state index contributed by atoms with van der Waals surface area (Å²) in [6, 6.07) is 5.37. The topological polar surface area (TPSA) is 38.3 Å². The summed E-state index contributed by atoms with van der Waals surface area (Å²) in [5, 5.41) is 2.93. The first-order chi connectivity index (χ1) is 8.39. The van der Waals surface area contributed by atoms with Gasteiger partial charge >= 0.3 is 0 Å². The van der Waals surface area contributed by atoms with E-state index in [9.17, 15) is 4.79 Å². The average molecular weight is 332 g/mol. The molecule has 0 bridgehead atoms. The molecule has 1 aromatic rings. The van der Waals surface area contributed by atoms with Gasteiger partial charge in [-0.3, -0.25) is 4.79 Å². The molecule has 0 aliphatic rings. The summed E-state index contributed by atoms with van der Waals surface area (Å²) < 4.78 is 6.12. The minimum Gasteiger partial charge on any atom is -0.496 e. The smallest absolute Gasteiger partial charge is 0.255 e. The van der Waals surface area contributed by atoms with Crippen molar-refractivity contribution < 1.29 is 9.53 Å². The van der Waals surface area contributed by atoms with Crippen LogP contribution >= 0.6 is 27.7 Å². The van der Waals surface area contributed by atoms with Crippen LogP contribution in [0, 0.1) is 0 Å². The second-order valence-electron chi connectivity index (χ2n) is 4.49. The third-order valence-electron chi connectivity index (χ3n) is 2.64. The predicted octanol–water partition coefficient (Wildman–Crippen LogP) is 3.33. The summed E-state index contributed by atoms with van der Waals surface area (Å²) in [4.78, 5) is 12.1. The molecule has 1 rings (SSSR count). The van der Waals surface area contributed by atoms with E-state index in [-0.39, 0.29) is 10.7 Å². The molecule has 18 heavy (non-hydrogen) atoms. The number of nitrogens with one attached hydrogen (secondary N) is 1. The molecule has 3 nitrogen and oxygen atoms in total. The van der Waals surface area contributed by atoms with Gasteiger partial charge in [0, 0.05) is 15.8 Å². The fourth-order valence-electron chi connectivity index (χ4n) is 1.31. The highest BCUT2D eigenvalue weighted by molar-refractivity contribution is 9.10. The first-order valence-corrected chi connectivity index (χ1v) is 7.58. The maximum absolute atomic E-state index is 12.1. The van der Waals surface area contributed by atoms with Crippen LogP contribution < -0.4 is 10.1 Å². The van der Waals surface area contributed by atoms with Crippen molar-refractivity contribution in [2.45, 2.75) is 18.6 Å². The Bertz CT molecular complexity index is 435. The SMILES string of the molecule is COc1cc(Br)ccc1C(=O)NCC(C)(C)SC. The van der Waals surface area contributed by atoms with Crippen LogP contribution in [0.25, 0.3) is 0 Å². The lowest BCUT2D eigenvalue weighted by Gasteiger charge is -2.22. The van der Waals surface area contributed by atoms with Crippen molar-refractivity contribution in [3.05, 3.63) is 28.2 Å². The lowest BCUT2D eigenvalue weighted by atomic mass is 10.1. The molecule has 0 atom stereocenters. The zero-order valence-corrected chi connectivity index (χ0v) is 13.4. The standard InChI is InChI=1S/C13H18BrNO2S/c1-13(2,18-4)8-15-12(16)10-6-5-9(14)7-11(10)17-3/h5-7H,8H2,1-4H3,(H,15,16). The summed E-state index contributed by atoms with van der Waals surface area (Å²) >= 11 is 5.08. The van der Waals surface area contributed by atoms with Crippen LogP contribution in [0.3, 0.4) is 0 Å². The third-order valence-corrected chi connectivity index (χ3v) is 4.38. The van der Waals surface area contributed by atoms with Crippen LogP contribution in [0.2, 0.25) is 0 Å². The number of hydrogen-bond donors (Lipinski definition) is 1. The van der Waals surface area contributed by atoms with Crippen LogP contribution in [0.15, 0.2) is 22.7 Å². The molecule has 0 spiro atoms. The van der Waals surface area contributed by atoms with Crippen molar-refractivity contribution in [2.75, 3.05) is 19.9 Å². The Morgan fingerprint density at radius 1 is 1.50 bits per heavy atom. The van der Waals surface area contributed by atoms with Gasteiger partial charge in [-0.2, -0.15) is 11.8 Å². The number of methoxy groups -OCH3 is 1. The van der Waals surface area contributed by atoms with Crippen molar-refractivity contribution >= 4 is 33.6 Å². The monoisotopic (exact) mass is 331 g/mol. The van der Waals surface area contributed by atoms with Crippen LogP contribution in [0.1, 0.15) is 24.2 Å². The Labute approximate surface area is 121 Å². The lowest BCUT2D eigenvalue weighted by molar-refractivity contribution is 0.0948. The van der Waals surface area contributed by atoms with Gasteiger partial charge in [0.2, 0.25) is 0 Å². The zero-order chi connectivity index (χ0) is 13.8. The van der Waals surface area contributed by atoms with Crippen molar-refractivity contribution in [2.24, 2.45) is 0 Å². The van der Waals surface area contributed by atoms with Crippen molar-refractivity contribution in [1.29, 1.82) is 0 Å². The molecule has 0 saturated carbocycles. The zero-order valence-electron chi connectivity index (χ0n) is 11.0. The Kier molecular flexibility index (Phi) is 5.53. The van der Waals surface area contributed by atoms with E-state index in [2.05, 4.69) is 35.1 Å². The Hall–Kier alpha value is -0.680. The van der Waals surface area contributed by atoms with E-state index in [1.807, 2.05) is 12.3 Å². The molecule has 0 saturated heterocycles. The van der Waals surface area contributed by atoms with E-state index in [4.69, 9.17) is 4.74 Å². The van der Waals surface area contributed by atoms with Crippen LogP contribution in [-0.2, 0) is 0 Å². The molecule has 1 amide bonds. The molecule has 0 aliphatic heterocycles. The largest absolute Gasteiger partial charge is 0.496 e. The van der Waals surface area contributed by atoms with Crippen molar-refractivity contribution in [1.82, 2.24) is 5.32 Å². The molecule has 0 aliphatic carbocycles. The fourth-order valence-corrected chi connectivity index (χ4v) is 1.87. The Morgan fingerprint density at radius 3 is 2.72 bits per heavy atom. The van der Waals surface area contributed by atoms with Gasteiger partial charge in [-0.1, -0.05) is 15.9 Å². The molecular formula is C13H18BrNO2S. The lowest BCUT2D eigenvalue weighted by Crippen LogP contribution is -2.36. The highest BCUT2D eigenvalue weighted by atomic mass is 79.9. The normalized spacial score (nSPS) is 11.2. The summed E-state index contributed by atoms with van der Waals surface area (Å²) in [6.45, 7) is 4.81. The number of amides is 1. The van der Waals surface area contributed by atoms with Gasteiger partial charge in [-0.05, 0) is 38.3 Å². The minimum atomic E-state index is -0.110. The summed E-state index contributed by atoms with van der Waals surface area (Å²) in [6.07, 6.45) is 2.03. The van der Waals surface area contributed by atoms with Gasteiger partial charge < -0.3 is 10.1 Å². The van der Waals surface area contributed by atoms with E-state index in [1.54, 1.807) is 31.0 Å². The molecule has 0 aromatic heterocycles. The van der Waals surface area contributed by atoms with Gasteiger partial charge in [0.05, 0.1) is 12.7 Å². The maximum atomic E-state index is 12.1. The van der Waals surface area contributed by atoms with E-state index < -0.39 is 0 Å². The number of halogens is 1. The predicted molar refractivity (Wildman–Crippen MR) is 80.6 cm³/mol. The third kappa shape index (κ3) is 4.21. The van der Waals surface area contributed by atoms with E-state index in [0.29, 0.717) is 17.9 Å². The van der Waals surface area contributed by atoms with Gasteiger partial charge in [-0.25, -0.2) is 0 Å². The van der Waals surface area contributed by atoms with Gasteiger partial charge in [0.25, 0.3) is 5.91 Å². The highest BCUT2D eigenvalue weighted by Crippen LogP contribution is 2.24. The van der Waals surface area contributed by atoms with Gasteiger partial charge in [0.1, 0.15) is 5.75 Å². The number of ether oxygens (including phenoxy) is 1. The van der Waals surface area contributed by atoms with Crippen molar-refractivity contribution in [3.63, 3.8) is 0 Å². The molecule has 5 heteroatoms. The second-order valence-corrected chi connectivity index (χ2v) is 6.92. The summed E-state index contributed by atoms with van der Waals surface area (Å²) in [5.74, 6) is 0.463. The van der Waals surface area contributed by atoms with E-state index in [1.165, 1.54) is 0 Å². The minimum absolute atomic E-state index is 0.0261. The summed E-state index contributed by atoms with van der Waals surface area (Å²) in [7, 11) is 1.56. The number of carbonyl (C=O) groups excluding carboxylic acids is 1. The number of hydrogen-bond acceptors (Lipinski definition) is 3. The molecule has 1 aromatic carbocycles. The second kappa shape index (κ2) is 6.48. The molecular weight excluding hydrogens is 314 g/mol. The number of thioether (sulfide) groups is 1. The van der Waals surface area contributed by atoms with Crippen LogP contribution in [0.5, 0.6) is 5.75 Å². The van der Waals surface area contributed by atoms with Gasteiger partial charge in [0.15, 0.2) is 0 Å². The Balaban J connectivity index is 2.79. The van der Waals surface area contributed by atoms with E-state index >= 15 is 0 Å². The van der Waals surface area contributed by atoms with Crippen LogP contribution in [0.4, 0.5) is 0 Å². The number of rotatable bonds is 5. The molecule has 0 heterocycles. The summed E-state index contributed by atoms with van der Waals surface area (Å²) in [5.41, 5.74) is 0.553. The first kappa shape index (κ1) is 15.4. The molecule has 0 unspecified atom stereocenters. The number of benzene rings is 1. The van der Waals surface area contributed by atoms with Gasteiger partial charge in [-0.15, -0.1) is 0 Å².